The van der Waals surface area contributed by atoms with E-state index in [2.05, 4.69) is 0 Å². The van der Waals surface area contributed by atoms with E-state index in [9.17, 15) is 9.59 Å². The Morgan fingerprint density at radius 2 is 1.56 bits per heavy atom. The predicted molar refractivity (Wildman–Crippen MR) is 95.3 cm³/mol. The number of carbonyl (C=O) groups is 2. The molecular formula is C20H23NO4. The maximum Gasteiger partial charge on any atom is 0.410 e. The van der Waals surface area contributed by atoms with E-state index in [-0.39, 0.29) is 12.1 Å². The van der Waals surface area contributed by atoms with Gasteiger partial charge in [-0.2, -0.15) is 0 Å². The van der Waals surface area contributed by atoms with E-state index in [1.54, 1.807) is 23.1 Å². The number of carboxylic acid groups (broad SMARTS) is 1. The first kappa shape index (κ1) is 18.5. The van der Waals surface area contributed by atoms with Gasteiger partial charge in [0, 0.05) is 13.1 Å². The summed E-state index contributed by atoms with van der Waals surface area (Å²) >= 11 is 0. The van der Waals surface area contributed by atoms with Crippen LogP contribution in [0.4, 0.5) is 4.79 Å². The van der Waals surface area contributed by atoms with Crippen LogP contribution in [0.2, 0.25) is 0 Å². The van der Waals surface area contributed by atoms with Crippen molar-refractivity contribution in [3.8, 4) is 0 Å². The molecule has 0 aliphatic carbocycles. The Morgan fingerprint density at radius 3 is 2.16 bits per heavy atom. The number of hydrogen-bond donors (Lipinski definition) is 1. The Bertz CT molecular complexity index is 735. The van der Waals surface area contributed by atoms with Gasteiger partial charge in [-0.25, -0.2) is 9.59 Å². The quantitative estimate of drug-likeness (QED) is 0.879. The monoisotopic (exact) mass is 341 g/mol. The Kier molecular flexibility index (Phi) is 5.80. The van der Waals surface area contributed by atoms with Crippen LogP contribution in [0.3, 0.4) is 0 Å². The van der Waals surface area contributed by atoms with E-state index in [1.165, 1.54) is 6.07 Å². The second-order valence-corrected chi connectivity index (χ2v) is 6.83. The lowest BCUT2D eigenvalue weighted by atomic mass is 10.1. The highest BCUT2D eigenvalue weighted by Crippen LogP contribution is 2.16. The van der Waals surface area contributed by atoms with Crippen molar-refractivity contribution >= 4 is 12.1 Å². The number of amides is 1. The van der Waals surface area contributed by atoms with Crippen molar-refractivity contribution < 1.29 is 19.4 Å². The molecule has 132 valence electrons. The van der Waals surface area contributed by atoms with Gasteiger partial charge in [0.1, 0.15) is 5.60 Å². The minimum absolute atomic E-state index is 0.196. The number of rotatable bonds is 5. The highest BCUT2D eigenvalue weighted by molar-refractivity contribution is 5.87. The first-order valence-corrected chi connectivity index (χ1v) is 8.09. The first-order chi connectivity index (χ1) is 11.7. The molecule has 0 heterocycles. The van der Waals surface area contributed by atoms with E-state index in [4.69, 9.17) is 9.84 Å². The highest BCUT2D eigenvalue weighted by atomic mass is 16.6. The molecule has 0 saturated carbocycles. The number of aromatic carboxylic acids is 1. The third-order valence-electron chi connectivity index (χ3n) is 3.42. The molecule has 0 spiro atoms. The molecule has 0 aromatic heterocycles. The smallest absolute Gasteiger partial charge is 0.410 e. The molecule has 0 bridgehead atoms. The molecule has 25 heavy (non-hydrogen) atoms. The summed E-state index contributed by atoms with van der Waals surface area (Å²) in [6.07, 6.45) is -0.433. The SMILES string of the molecule is CC(C)(C)OC(=O)N(Cc1ccccc1)Cc1cccc(C(=O)O)c1. The zero-order chi connectivity index (χ0) is 18.4. The summed E-state index contributed by atoms with van der Waals surface area (Å²) in [5.41, 5.74) is 1.31. The molecule has 0 atom stereocenters. The average molecular weight is 341 g/mol. The van der Waals surface area contributed by atoms with E-state index in [0.29, 0.717) is 6.54 Å². The van der Waals surface area contributed by atoms with Crippen LogP contribution in [0.5, 0.6) is 0 Å². The van der Waals surface area contributed by atoms with E-state index < -0.39 is 17.7 Å². The fraction of sp³-hybridized carbons (Fsp3) is 0.300. The van der Waals surface area contributed by atoms with E-state index in [1.807, 2.05) is 51.1 Å². The van der Waals surface area contributed by atoms with Crippen LogP contribution < -0.4 is 0 Å². The van der Waals surface area contributed by atoms with Crippen LogP contribution in [-0.4, -0.2) is 27.7 Å². The van der Waals surface area contributed by atoms with Crippen molar-refractivity contribution in [1.82, 2.24) is 4.90 Å². The largest absolute Gasteiger partial charge is 0.478 e. The van der Waals surface area contributed by atoms with Crippen molar-refractivity contribution in [3.63, 3.8) is 0 Å². The summed E-state index contributed by atoms with van der Waals surface area (Å²) in [6.45, 7) is 6.10. The lowest BCUT2D eigenvalue weighted by Gasteiger charge is -2.27. The van der Waals surface area contributed by atoms with Crippen molar-refractivity contribution in [2.75, 3.05) is 0 Å². The van der Waals surface area contributed by atoms with Gasteiger partial charge in [0.05, 0.1) is 5.56 Å². The minimum atomic E-state index is -0.992. The Morgan fingerprint density at radius 1 is 0.960 bits per heavy atom. The third-order valence-corrected chi connectivity index (χ3v) is 3.42. The fourth-order valence-corrected chi connectivity index (χ4v) is 2.34. The summed E-state index contributed by atoms with van der Waals surface area (Å²) in [5, 5.41) is 9.14. The minimum Gasteiger partial charge on any atom is -0.478 e. The standard InChI is InChI=1S/C20H23NO4/c1-20(2,3)25-19(24)21(13-15-8-5-4-6-9-15)14-16-10-7-11-17(12-16)18(22)23/h4-12H,13-14H2,1-3H3,(H,22,23). The van der Waals surface area contributed by atoms with Crippen molar-refractivity contribution in [2.24, 2.45) is 0 Å². The van der Waals surface area contributed by atoms with Gasteiger partial charge < -0.3 is 9.84 Å². The lowest BCUT2D eigenvalue weighted by molar-refractivity contribution is 0.0216. The summed E-state index contributed by atoms with van der Waals surface area (Å²) in [4.78, 5) is 25.3. The summed E-state index contributed by atoms with van der Waals surface area (Å²) in [6, 6.07) is 16.2. The van der Waals surface area contributed by atoms with Crippen molar-refractivity contribution in [1.29, 1.82) is 0 Å². The van der Waals surface area contributed by atoms with Crippen LogP contribution in [-0.2, 0) is 17.8 Å². The van der Waals surface area contributed by atoms with Gasteiger partial charge in [-0.1, -0.05) is 42.5 Å². The average Bonchev–Trinajstić information content (AvgIpc) is 2.54. The zero-order valence-electron chi connectivity index (χ0n) is 14.7. The van der Waals surface area contributed by atoms with Gasteiger partial charge in [-0.3, -0.25) is 4.90 Å². The summed E-state index contributed by atoms with van der Waals surface area (Å²) in [7, 11) is 0. The van der Waals surface area contributed by atoms with Crippen molar-refractivity contribution in [3.05, 3.63) is 71.3 Å². The van der Waals surface area contributed by atoms with E-state index in [0.717, 1.165) is 11.1 Å². The molecule has 0 fully saturated rings. The molecule has 0 aliphatic rings. The van der Waals surface area contributed by atoms with Gasteiger partial charge in [0.2, 0.25) is 0 Å². The van der Waals surface area contributed by atoms with Crippen LogP contribution >= 0.6 is 0 Å². The van der Waals surface area contributed by atoms with Crippen LogP contribution in [0, 0.1) is 0 Å². The predicted octanol–water partition coefficient (Wildman–Crippen LogP) is 4.32. The fourth-order valence-electron chi connectivity index (χ4n) is 2.34. The summed E-state index contributed by atoms with van der Waals surface area (Å²) < 4.78 is 5.49. The molecular weight excluding hydrogens is 318 g/mol. The molecule has 0 saturated heterocycles. The lowest BCUT2D eigenvalue weighted by Crippen LogP contribution is -2.36. The zero-order valence-corrected chi connectivity index (χ0v) is 14.7. The highest BCUT2D eigenvalue weighted by Gasteiger charge is 2.22. The first-order valence-electron chi connectivity index (χ1n) is 8.09. The number of nitrogens with zero attached hydrogens (tertiary/aromatic N) is 1. The number of carboxylic acids is 1. The van der Waals surface area contributed by atoms with E-state index >= 15 is 0 Å². The maximum absolute atomic E-state index is 12.6. The second-order valence-electron chi connectivity index (χ2n) is 6.83. The molecule has 1 N–H and O–H groups in total. The van der Waals surface area contributed by atoms with Crippen LogP contribution in [0.1, 0.15) is 42.3 Å². The van der Waals surface area contributed by atoms with Gasteiger partial charge in [-0.15, -0.1) is 0 Å². The normalized spacial score (nSPS) is 11.0. The molecule has 2 rings (SSSR count). The maximum atomic E-state index is 12.6. The molecule has 0 aliphatic heterocycles. The number of carbonyl (C=O) groups excluding carboxylic acids is 1. The third kappa shape index (κ3) is 5.95. The molecule has 2 aromatic carbocycles. The molecule has 0 unspecified atom stereocenters. The summed E-state index contributed by atoms with van der Waals surface area (Å²) in [5.74, 6) is -0.992. The van der Waals surface area contributed by atoms with Gasteiger partial charge in [-0.05, 0) is 44.0 Å². The van der Waals surface area contributed by atoms with Crippen LogP contribution in [0.25, 0.3) is 0 Å². The molecule has 0 radical (unpaired) electrons. The molecule has 5 nitrogen and oxygen atoms in total. The topological polar surface area (TPSA) is 66.8 Å². The van der Waals surface area contributed by atoms with Crippen LogP contribution in [0.15, 0.2) is 54.6 Å². The van der Waals surface area contributed by atoms with Crippen molar-refractivity contribution in [2.45, 2.75) is 39.5 Å². The number of ether oxygens (including phenoxy) is 1. The van der Waals surface area contributed by atoms with Gasteiger partial charge in [0.15, 0.2) is 0 Å². The molecule has 2 aromatic rings. The number of hydrogen-bond acceptors (Lipinski definition) is 3. The Balaban J connectivity index is 2.23. The number of benzene rings is 2. The molecule has 5 heteroatoms. The van der Waals surface area contributed by atoms with Gasteiger partial charge in [0.25, 0.3) is 0 Å². The van der Waals surface area contributed by atoms with Gasteiger partial charge >= 0.3 is 12.1 Å². The Labute approximate surface area is 147 Å². The molecule has 1 amide bonds. The Hall–Kier alpha value is -2.82. The second kappa shape index (κ2) is 7.83.